The van der Waals surface area contributed by atoms with Crippen LogP contribution >= 0.6 is 11.8 Å². The van der Waals surface area contributed by atoms with Crippen molar-refractivity contribution in [3.05, 3.63) is 29.8 Å². The lowest BCUT2D eigenvalue weighted by molar-refractivity contribution is 0.661. The number of anilines is 1. The highest BCUT2D eigenvalue weighted by molar-refractivity contribution is 8.14. The number of rotatable bonds is 2. The van der Waals surface area contributed by atoms with Crippen molar-refractivity contribution in [3.8, 4) is 0 Å². The van der Waals surface area contributed by atoms with E-state index in [1.807, 2.05) is 11.8 Å². The number of benzene rings is 1. The number of amidine groups is 1. The lowest BCUT2D eigenvalue weighted by Gasteiger charge is -2.23. The molecule has 0 spiro atoms. The van der Waals surface area contributed by atoms with Crippen LogP contribution in [0.2, 0.25) is 0 Å². The molecule has 2 unspecified atom stereocenters. The van der Waals surface area contributed by atoms with Crippen molar-refractivity contribution in [2.24, 2.45) is 4.99 Å². The summed E-state index contributed by atoms with van der Waals surface area (Å²) in [6.07, 6.45) is 2.22. The molecule has 3 heteroatoms. The van der Waals surface area contributed by atoms with Crippen LogP contribution in [0, 0.1) is 0 Å². The predicted molar refractivity (Wildman–Crippen MR) is 78.0 cm³/mol. The van der Waals surface area contributed by atoms with Crippen LogP contribution in [-0.2, 0) is 6.42 Å². The summed E-state index contributed by atoms with van der Waals surface area (Å²) in [6.45, 7) is 6.63. The molecule has 1 aromatic carbocycles. The number of aliphatic imine (C=N–C) groups is 1. The molecule has 1 aromatic rings. The summed E-state index contributed by atoms with van der Waals surface area (Å²) >= 11 is 1.84. The third-order valence-electron chi connectivity index (χ3n) is 2.96. The first-order valence-corrected chi connectivity index (χ1v) is 7.16. The van der Waals surface area contributed by atoms with Gasteiger partial charge in [-0.1, -0.05) is 43.8 Å². The summed E-state index contributed by atoms with van der Waals surface area (Å²) < 4.78 is 0. The number of aryl methyl sites for hydroxylation is 1. The average Bonchev–Trinajstić information content (AvgIpc) is 2.28. The third-order valence-corrected chi connectivity index (χ3v) is 3.99. The Labute approximate surface area is 108 Å². The van der Waals surface area contributed by atoms with Crippen molar-refractivity contribution in [1.82, 2.24) is 0 Å². The molecule has 0 aliphatic carbocycles. The molecule has 0 saturated heterocycles. The highest BCUT2D eigenvalue weighted by Gasteiger charge is 2.18. The lowest BCUT2D eigenvalue weighted by atomic mass is 10.1. The van der Waals surface area contributed by atoms with Gasteiger partial charge in [0.05, 0.1) is 6.04 Å². The van der Waals surface area contributed by atoms with Gasteiger partial charge in [0.1, 0.15) is 0 Å². The van der Waals surface area contributed by atoms with Gasteiger partial charge in [0.25, 0.3) is 0 Å². The Morgan fingerprint density at radius 1 is 1.35 bits per heavy atom. The normalized spacial score (nSPS) is 24.3. The van der Waals surface area contributed by atoms with Gasteiger partial charge in [-0.15, -0.1) is 0 Å². The van der Waals surface area contributed by atoms with Gasteiger partial charge < -0.3 is 5.32 Å². The number of nitrogens with zero attached hydrogens (tertiary/aromatic N) is 1. The minimum Gasteiger partial charge on any atom is -0.335 e. The molecule has 1 aliphatic rings. The summed E-state index contributed by atoms with van der Waals surface area (Å²) in [5.74, 6) is 0. The molecule has 2 rings (SSSR count). The fourth-order valence-electron chi connectivity index (χ4n) is 2.13. The number of hydrogen-bond donors (Lipinski definition) is 1. The van der Waals surface area contributed by atoms with Crippen LogP contribution in [0.15, 0.2) is 29.3 Å². The van der Waals surface area contributed by atoms with E-state index >= 15 is 0 Å². The monoisotopic (exact) mass is 248 g/mol. The quantitative estimate of drug-likeness (QED) is 0.857. The van der Waals surface area contributed by atoms with Gasteiger partial charge in [0.2, 0.25) is 0 Å². The van der Waals surface area contributed by atoms with E-state index in [0.717, 1.165) is 11.6 Å². The third kappa shape index (κ3) is 3.25. The first kappa shape index (κ1) is 12.5. The molecular formula is C14H20N2S. The highest BCUT2D eigenvalue weighted by Crippen LogP contribution is 2.27. The molecule has 0 fully saturated rings. The number of para-hydroxylation sites is 1. The smallest absolute Gasteiger partial charge is 0.161 e. The maximum atomic E-state index is 4.67. The second kappa shape index (κ2) is 5.58. The molecule has 2 atom stereocenters. The highest BCUT2D eigenvalue weighted by atomic mass is 32.2. The van der Waals surface area contributed by atoms with Crippen molar-refractivity contribution in [2.75, 3.05) is 5.32 Å². The molecule has 0 saturated carbocycles. The van der Waals surface area contributed by atoms with Crippen LogP contribution in [0.5, 0.6) is 0 Å². The minimum absolute atomic E-state index is 0.433. The van der Waals surface area contributed by atoms with Gasteiger partial charge in [0.15, 0.2) is 5.17 Å². The second-order valence-electron chi connectivity index (χ2n) is 4.58. The largest absolute Gasteiger partial charge is 0.335 e. The topological polar surface area (TPSA) is 24.4 Å². The number of thioether (sulfide) groups is 1. The molecule has 2 nitrogen and oxygen atoms in total. The maximum Gasteiger partial charge on any atom is 0.161 e. The zero-order valence-corrected chi connectivity index (χ0v) is 11.6. The Morgan fingerprint density at radius 2 is 2.12 bits per heavy atom. The van der Waals surface area contributed by atoms with Gasteiger partial charge in [-0.25, -0.2) is 0 Å². The Hall–Kier alpha value is -0.960. The summed E-state index contributed by atoms with van der Waals surface area (Å²) in [7, 11) is 0. The minimum atomic E-state index is 0.433. The summed E-state index contributed by atoms with van der Waals surface area (Å²) in [6, 6.07) is 8.89. The van der Waals surface area contributed by atoms with E-state index in [4.69, 9.17) is 0 Å². The Bertz CT molecular complexity index is 414. The molecule has 0 radical (unpaired) electrons. The van der Waals surface area contributed by atoms with E-state index in [2.05, 4.69) is 55.3 Å². The Balaban J connectivity index is 2.15. The molecule has 0 bridgehead atoms. The molecule has 0 aromatic heterocycles. The fraction of sp³-hybridized carbons (Fsp3) is 0.500. The van der Waals surface area contributed by atoms with Gasteiger partial charge in [-0.2, -0.15) is 0 Å². The van der Waals surface area contributed by atoms with Crippen molar-refractivity contribution in [2.45, 2.75) is 44.9 Å². The van der Waals surface area contributed by atoms with Crippen molar-refractivity contribution < 1.29 is 0 Å². The standard InChI is InChI=1S/C14H20N2S/c1-4-12-7-5-6-8-13(12)16-14-15-10(2)9-11(3)17-14/h5-8,10-11H,4,9H2,1-3H3,(H,15,16). The van der Waals surface area contributed by atoms with E-state index in [-0.39, 0.29) is 0 Å². The van der Waals surface area contributed by atoms with E-state index in [0.29, 0.717) is 11.3 Å². The molecule has 17 heavy (non-hydrogen) atoms. The van der Waals surface area contributed by atoms with Crippen LogP contribution in [0.1, 0.15) is 32.8 Å². The van der Waals surface area contributed by atoms with Crippen LogP contribution in [0.3, 0.4) is 0 Å². The van der Waals surface area contributed by atoms with Crippen LogP contribution in [0.4, 0.5) is 5.69 Å². The second-order valence-corrected chi connectivity index (χ2v) is 6.01. The van der Waals surface area contributed by atoms with Crippen LogP contribution in [-0.4, -0.2) is 16.5 Å². The van der Waals surface area contributed by atoms with Gasteiger partial charge in [-0.05, 0) is 31.4 Å². The Morgan fingerprint density at radius 3 is 2.82 bits per heavy atom. The predicted octanol–water partition coefficient (Wildman–Crippen LogP) is 3.93. The summed E-state index contributed by atoms with van der Waals surface area (Å²) in [5, 5.41) is 5.19. The molecule has 1 heterocycles. The molecule has 92 valence electrons. The van der Waals surface area contributed by atoms with E-state index in [1.54, 1.807) is 0 Å². The maximum absolute atomic E-state index is 4.67. The summed E-state index contributed by atoms with van der Waals surface area (Å²) in [5.41, 5.74) is 2.55. The zero-order chi connectivity index (χ0) is 12.3. The summed E-state index contributed by atoms with van der Waals surface area (Å²) in [4.78, 5) is 4.67. The Kier molecular flexibility index (Phi) is 4.11. The number of hydrogen-bond acceptors (Lipinski definition) is 3. The van der Waals surface area contributed by atoms with Gasteiger partial charge >= 0.3 is 0 Å². The van der Waals surface area contributed by atoms with Crippen molar-refractivity contribution in [1.29, 1.82) is 0 Å². The van der Waals surface area contributed by atoms with Crippen molar-refractivity contribution >= 4 is 22.6 Å². The van der Waals surface area contributed by atoms with E-state index in [9.17, 15) is 0 Å². The molecular weight excluding hydrogens is 228 g/mol. The van der Waals surface area contributed by atoms with Crippen LogP contribution in [0.25, 0.3) is 0 Å². The number of nitrogens with one attached hydrogen (secondary N) is 1. The molecule has 0 amide bonds. The zero-order valence-electron chi connectivity index (χ0n) is 10.7. The molecule has 1 aliphatic heterocycles. The van der Waals surface area contributed by atoms with Gasteiger partial charge in [-0.3, -0.25) is 4.99 Å². The van der Waals surface area contributed by atoms with Crippen molar-refractivity contribution in [3.63, 3.8) is 0 Å². The first-order valence-electron chi connectivity index (χ1n) is 6.28. The van der Waals surface area contributed by atoms with E-state index in [1.165, 1.54) is 17.7 Å². The first-order chi connectivity index (χ1) is 8.19. The fourth-order valence-corrected chi connectivity index (χ4v) is 3.30. The lowest BCUT2D eigenvalue weighted by Crippen LogP contribution is -2.23. The van der Waals surface area contributed by atoms with Crippen LogP contribution < -0.4 is 5.32 Å². The SMILES string of the molecule is CCc1ccccc1NC1=NC(C)CC(C)S1. The van der Waals surface area contributed by atoms with Gasteiger partial charge in [0, 0.05) is 10.9 Å². The van der Waals surface area contributed by atoms with E-state index < -0.39 is 0 Å². The average molecular weight is 248 g/mol. The molecule has 1 N–H and O–H groups in total.